The van der Waals surface area contributed by atoms with Gasteiger partial charge in [0, 0.05) is 40.4 Å². The summed E-state index contributed by atoms with van der Waals surface area (Å²) < 4.78 is 5.26. The topological polar surface area (TPSA) is 36.9 Å². The average Bonchev–Trinajstić information content (AvgIpc) is 2.21. The molecule has 98 valence electrons. The van der Waals surface area contributed by atoms with Gasteiger partial charge in [0.1, 0.15) is 0 Å². The van der Waals surface area contributed by atoms with Crippen LogP contribution < -0.4 is 5.32 Å². The molecule has 0 unspecified atom stereocenters. The lowest BCUT2D eigenvalue weighted by atomic mass is 10.3. The molecule has 0 aliphatic heterocycles. The van der Waals surface area contributed by atoms with Crippen molar-refractivity contribution in [2.45, 2.75) is 26.7 Å². The van der Waals surface area contributed by atoms with Crippen LogP contribution in [0.15, 0.2) is 4.99 Å². The van der Waals surface area contributed by atoms with Gasteiger partial charge in [-0.05, 0) is 26.7 Å². The molecule has 0 fully saturated rings. The number of hydrogen-bond acceptors (Lipinski definition) is 2. The summed E-state index contributed by atoms with van der Waals surface area (Å²) in [5.41, 5.74) is 0. The van der Waals surface area contributed by atoms with Gasteiger partial charge in [0.25, 0.3) is 0 Å². The number of guanidine groups is 1. The third-order valence-electron chi connectivity index (χ3n) is 1.92. The number of unbranched alkanes of at least 4 members (excludes halogenated alkanes) is 1. The van der Waals surface area contributed by atoms with Crippen molar-refractivity contribution < 1.29 is 4.74 Å². The molecule has 0 bridgehead atoms. The van der Waals surface area contributed by atoms with Gasteiger partial charge < -0.3 is 15.0 Å². The van der Waals surface area contributed by atoms with E-state index in [1.807, 2.05) is 25.9 Å². The second kappa shape index (κ2) is 13.0. The van der Waals surface area contributed by atoms with Crippen LogP contribution >= 0.6 is 24.0 Å². The number of rotatable bonds is 7. The summed E-state index contributed by atoms with van der Waals surface area (Å²) >= 11 is 0. The Labute approximate surface area is 117 Å². The fourth-order valence-corrected chi connectivity index (χ4v) is 1.16. The average molecular weight is 343 g/mol. The second-order valence-corrected chi connectivity index (χ2v) is 3.53. The summed E-state index contributed by atoms with van der Waals surface area (Å²) in [6, 6.07) is 0. The molecule has 0 saturated carbocycles. The first-order valence-corrected chi connectivity index (χ1v) is 5.75. The Morgan fingerprint density at radius 2 is 1.94 bits per heavy atom. The van der Waals surface area contributed by atoms with Gasteiger partial charge in [0.15, 0.2) is 5.96 Å². The molecule has 0 atom stereocenters. The Morgan fingerprint density at radius 1 is 1.25 bits per heavy atom. The van der Waals surface area contributed by atoms with Crippen LogP contribution in [0.1, 0.15) is 26.7 Å². The lowest BCUT2D eigenvalue weighted by Crippen LogP contribution is -2.36. The predicted octanol–water partition coefficient (Wildman–Crippen LogP) is 1.95. The highest BCUT2D eigenvalue weighted by molar-refractivity contribution is 14.0. The van der Waals surface area contributed by atoms with Gasteiger partial charge in [-0.25, -0.2) is 0 Å². The van der Waals surface area contributed by atoms with Crippen LogP contribution in [0.25, 0.3) is 0 Å². The minimum atomic E-state index is 0. The number of halogens is 1. The summed E-state index contributed by atoms with van der Waals surface area (Å²) in [6.07, 6.45) is 2.17. The van der Waals surface area contributed by atoms with E-state index in [2.05, 4.69) is 17.2 Å². The monoisotopic (exact) mass is 343 g/mol. The van der Waals surface area contributed by atoms with Crippen molar-refractivity contribution in [3.8, 4) is 0 Å². The highest BCUT2D eigenvalue weighted by Crippen LogP contribution is 1.92. The number of nitrogens with zero attached hydrogens (tertiary/aromatic N) is 2. The molecule has 0 radical (unpaired) electrons. The Balaban J connectivity index is 0. The molecule has 0 aliphatic rings. The molecule has 5 heteroatoms. The minimum absolute atomic E-state index is 0. The van der Waals surface area contributed by atoms with Crippen molar-refractivity contribution >= 4 is 29.9 Å². The van der Waals surface area contributed by atoms with E-state index in [9.17, 15) is 0 Å². The van der Waals surface area contributed by atoms with E-state index in [4.69, 9.17) is 4.74 Å². The van der Waals surface area contributed by atoms with E-state index in [1.165, 1.54) is 0 Å². The molecular weight excluding hydrogens is 317 g/mol. The van der Waals surface area contributed by atoms with Crippen LogP contribution in [-0.4, -0.2) is 51.3 Å². The third-order valence-corrected chi connectivity index (χ3v) is 1.92. The molecule has 0 aromatic carbocycles. The van der Waals surface area contributed by atoms with Gasteiger partial charge in [-0.1, -0.05) is 0 Å². The van der Waals surface area contributed by atoms with Crippen molar-refractivity contribution in [3.05, 3.63) is 0 Å². The maximum atomic E-state index is 5.26. The molecular formula is C11H26IN3O. The van der Waals surface area contributed by atoms with Gasteiger partial charge >= 0.3 is 0 Å². The SMILES string of the molecule is CCNC(=NCCCCOCC)N(C)C.I. The van der Waals surface area contributed by atoms with Crippen LogP contribution in [0.5, 0.6) is 0 Å². The van der Waals surface area contributed by atoms with Crippen molar-refractivity contribution in [1.29, 1.82) is 0 Å². The molecule has 0 aromatic rings. The van der Waals surface area contributed by atoms with Crippen molar-refractivity contribution in [1.82, 2.24) is 10.2 Å². The van der Waals surface area contributed by atoms with Crippen molar-refractivity contribution in [2.75, 3.05) is 40.4 Å². The zero-order valence-corrected chi connectivity index (χ0v) is 13.3. The first-order valence-electron chi connectivity index (χ1n) is 5.75. The number of hydrogen-bond donors (Lipinski definition) is 1. The fraction of sp³-hybridized carbons (Fsp3) is 0.909. The maximum Gasteiger partial charge on any atom is 0.193 e. The molecule has 16 heavy (non-hydrogen) atoms. The molecule has 0 heterocycles. The Bertz CT molecular complexity index is 175. The van der Waals surface area contributed by atoms with Crippen LogP contribution in [-0.2, 0) is 4.74 Å². The van der Waals surface area contributed by atoms with E-state index in [1.54, 1.807) is 0 Å². The first kappa shape index (κ1) is 18.3. The number of aliphatic imine (C=N–C) groups is 1. The zero-order valence-electron chi connectivity index (χ0n) is 11.0. The number of ether oxygens (including phenoxy) is 1. The van der Waals surface area contributed by atoms with Gasteiger partial charge in [0.05, 0.1) is 0 Å². The van der Waals surface area contributed by atoms with E-state index in [0.717, 1.165) is 45.1 Å². The van der Waals surface area contributed by atoms with Crippen molar-refractivity contribution in [2.24, 2.45) is 4.99 Å². The highest BCUT2D eigenvalue weighted by atomic mass is 127. The quantitative estimate of drug-likeness (QED) is 0.332. The summed E-state index contributed by atoms with van der Waals surface area (Å²) in [5.74, 6) is 0.967. The summed E-state index contributed by atoms with van der Waals surface area (Å²) in [7, 11) is 4.00. The normalized spacial score (nSPS) is 10.9. The van der Waals surface area contributed by atoms with Crippen LogP contribution in [0.4, 0.5) is 0 Å². The van der Waals surface area contributed by atoms with Crippen LogP contribution in [0.3, 0.4) is 0 Å². The van der Waals surface area contributed by atoms with E-state index in [0.29, 0.717) is 0 Å². The molecule has 4 nitrogen and oxygen atoms in total. The van der Waals surface area contributed by atoms with Crippen LogP contribution in [0.2, 0.25) is 0 Å². The molecule has 0 aromatic heterocycles. The maximum absolute atomic E-state index is 5.26. The van der Waals surface area contributed by atoms with Gasteiger partial charge in [0.2, 0.25) is 0 Å². The van der Waals surface area contributed by atoms with Crippen LogP contribution in [0, 0.1) is 0 Å². The summed E-state index contributed by atoms with van der Waals surface area (Å²) in [4.78, 5) is 6.49. The Kier molecular flexibility index (Phi) is 14.9. The van der Waals surface area contributed by atoms with Gasteiger partial charge in [-0.2, -0.15) is 0 Å². The lowest BCUT2D eigenvalue weighted by molar-refractivity contribution is 0.144. The molecule has 0 spiro atoms. The summed E-state index contributed by atoms with van der Waals surface area (Å²) in [6.45, 7) is 7.54. The first-order chi connectivity index (χ1) is 7.22. The van der Waals surface area contributed by atoms with Gasteiger partial charge in [-0.3, -0.25) is 4.99 Å². The molecule has 0 rings (SSSR count). The molecule has 1 N–H and O–H groups in total. The van der Waals surface area contributed by atoms with Gasteiger partial charge in [-0.15, -0.1) is 24.0 Å². The lowest BCUT2D eigenvalue weighted by Gasteiger charge is -2.16. The smallest absolute Gasteiger partial charge is 0.193 e. The largest absolute Gasteiger partial charge is 0.382 e. The molecule has 0 amide bonds. The standard InChI is InChI=1S/C11H25N3O.HI/c1-5-12-11(14(3)4)13-9-7-8-10-15-6-2;/h5-10H2,1-4H3,(H,12,13);1H. The van der Waals surface area contributed by atoms with E-state index >= 15 is 0 Å². The Morgan fingerprint density at radius 3 is 2.44 bits per heavy atom. The molecule has 0 saturated heterocycles. The van der Waals surface area contributed by atoms with E-state index < -0.39 is 0 Å². The number of nitrogens with one attached hydrogen (secondary N) is 1. The highest BCUT2D eigenvalue weighted by Gasteiger charge is 1.97. The Hall–Kier alpha value is -0.0400. The van der Waals surface area contributed by atoms with E-state index in [-0.39, 0.29) is 24.0 Å². The molecule has 0 aliphatic carbocycles. The fourth-order valence-electron chi connectivity index (χ4n) is 1.16. The minimum Gasteiger partial charge on any atom is -0.382 e. The zero-order chi connectivity index (χ0) is 11.5. The predicted molar refractivity (Wildman–Crippen MR) is 80.8 cm³/mol. The van der Waals surface area contributed by atoms with Crippen molar-refractivity contribution in [3.63, 3.8) is 0 Å². The second-order valence-electron chi connectivity index (χ2n) is 3.53. The summed E-state index contributed by atoms with van der Waals surface area (Å²) in [5, 5.41) is 3.23. The third kappa shape index (κ3) is 10.5.